The fourth-order valence-electron chi connectivity index (χ4n) is 2.38. The average molecular weight is 293 g/mol. The summed E-state index contributed by atoms with van der Waals surface area (Å²) in [5.41, 5.74) is 2.40. The van der Waals surface area contributed by atoms with E-state index in [2.05, 4.69) is 10.6 Å². The van der Waals surface area contributed by atoms with Crippen molar-refractivity contribution < 1.29 is 4.79 Å². The largest absolute Gasteiger partial charge is 0.338 e. The second-order valence-electron chi connectivity index (χ2n) is 5.10. The second-order valence-corrected chi connectivity index (χ2v) is 5.51. The molecular formula is C16H21ClN2O. The Hall–Kier alpha value is -1.48. The maximum absolute atomic E-state index is 11.7. The Kier molecular flexibility index (Phi) is 5.93. The number of amides is 2. The van der Waals surface area contributed by atoms with Crippen LogP contribution in [0.15, 0.2) is 36.0 Å². The Morgan fingerprint density at radius 3 is 2.70 bits per heavy atom. The van der Waals surface area contributed by atoms with Gasteiger partial charge in [0.2, 0.25) is 0 Å². The van der Waals surface area contributed by atoms with Crippen molar-refractivity contribution >= 4 is 17.6 Å². The summed E-state index contributed by atoms with van der Waals surface area (Å²) in [6.07, 6.45) is 8.61. The zero-order chi connectivity index (χ0) is 14.2. The zero-order valence-corrected chi connectivity index (χ0v) is 12.4. The third kappa shape index (κ3) is 4.89. The molecule has 0 spiro atoms. The number of urea groups is 1. The van der Waals surface area contributed by atoms with Gasteiger partial charge in [-0.05, 0) is 43.7 Å². The molecule has 1 fully saturated rings. The maximum Gasteiger partial charge on any atom is 0.318 e. The highest BCUT2D eigenvalue weighted by Gasteiger charge is 2.06. The fraction of sp³-hybridized carbons (Fsp3) is 0.438. The molecule has 20 heavy (non-hydrogen) atoms. The van der Waals surface area contributed by atoms with Gasteiger partial charge >= 0.3 is 6.03 Å². The molecule has 0 saturated heterocycles. The lowest BCUT2D eigenvalue weighted by atomic mass is 9.96. The van der Waals surface area contributed by atoms with Crippen molar-refractivity contribution in [2.45, 2.75) is 38.5 Å². The molecule has 0 aliphatic heterocycles. The average Bonchev–Trinajstić information content (AvgIpc) is 2.48. The van der Waals surface area contributed by atoms with Crippen LogP contribution in [0.2, 0.25) is 5.02 Å². The number of carbonyl (C=O) groups is 1. The van der Waals surface area contributed by atoms with Crippen molar-refractivity contribution in [1.29, 1.82) is 0 Å². The van der Waals surface area contributed by atoms with Crippen molar-refractivity contribution in [2.75, 3.05) is 6.54 Å². The molecule has 0 heterocycles. The standard InChI is InChI=1S/C16H21ClN2O/c17-15-9-5-4-8-14(15)10-11-18-16(20)19-12-13-6-2-1-3-7-13/h4-5,8-9,12H,1-3,6-7,10-11H2,(H2,18,19,20). The number of carbonyl (C=O) groups excluding carboxylic acids is 1. The lowest BCUT2D eigenvalue weighted by Gasteiger charge is -2.13. The van der Waals surface area contributed by atoms with Gasteiger partial charge in [-0.25, -0.2) is 4.79 Å². The summed E-state index contributed by atoms with van der Waals surface area (Å²) in [7, 11) is 0. The highest BCUT2D eigenvalue weighted by Crippen LogP contribution is 2.21. The van der Waals surface area contributed by atoms with Gasteiger partial charge in [-0.3, -0.25) is 0 Å². The van der Waals surface area contributed by atoms with Crippen molar-refractivity contribution in [3.05, 3.63) is 46.6 Å². The Bertz CT molecular complexity index is 477. The number of nitrogens with one attached hydrogen (secondary N) is 2. The lowest BCUT2D eigenvalue weighted by molar-refractivity contribution is 0.244. The first kappa shape index (κ1) is 14.9. The van der Waals surface area contributed by atoms with Crippen molar-refractivity contribution in [3.8, 4) is 0 Å². The Labute approximate surface area is 125 Å². The first-order valence-corrected chi connectivity index (χ1v) is 7.59. The van der Waals surface area contributed by atoms with E-state index < -0.39 is 0 Å². The molecule has 0 radical (unpaired) electrons. The SMILES string of the molecule is O=C(NC=C1CCCCC1)NCCc1ccccc1Cl. The highest BCUT2D eigenvalue weighted by atomic mass is 35.5. The smallest absolute Gasteiger partial charge is 0.318 e. The van der Waals surface area contributed by atoms with Crippen molar-refractivity contribution in [1.82, 2.24) is 10.6 Å². The highest BCUT2D eigenvalue weighted by molar-refractivity contribution is 6.31. The predicted molar refractivity (Wildman–Crippen MR) is 82.9 cm³/mol. The summed E-state index contributed by atoms with van der Waals surface area (Å²) in [5, 5.41) is 6.40. The van der Waals surface area contributed by atoms with Crippen molar-refractivity contribution in [2.24, 2.45) is 0 Å². The van der Waals surface area contributed by atoms with Gasteiger partial charge in [0.05, 0.1) is 0 Å². The van der Waals surface area contributed by atoms with Gasteiger partial charge in [0.25, 0.3) is 0 Å². The van der Waals surface area contributed by atoms with Crippen LogP contribution in [0, 0.1) is 0 Å². The molecule has 2 amide bonds. The lowest BCUT2D eigenvalue weighted by Crippen LogP contribution is -2.33. The number of hydrogen-bond donors (Lipinski definition) is 2. The van der Waals surface area contributed by atoms with Crippen LogP contribution in [0.3, 0.4) is 0 Å². The fourth-order valence-corrected chi connectivity index (χ4v) is 2.61. The minimum Gasteiger partial charge on any atom is -0.338 e. The van der Waals surface area contributed by atoms with Crippen LogP contribution in [0.1, 0.15) is 37.7 Å². The van der Waals surface area contributed by atoms with Gasteiger partial charge in [0.1, 0.15) is 0 Å². The van der Waals surface area contributed by atoms with E-state index in [1.54, 1.807) is 0 Å². The summed E-state index contributed by atoms with van der Waals surface area (Å²) in [4.78, 5) is 11.7. The summed E-state index contributed by atoms with van der Waals surface area (Å²) < 4.78 is 0. The van der Waals surface area contributed by atoms with Crippen LogP contribution in [0.4, 0.5) is 4.79 Å². The van der Waals surface area contributed by atoms with E-state index in [1.807, 2.05) is 30.5 Å². The first-order valence-electron chi connectivity index (χ1n) is 7.21. The normalized spacial score (nSPS) is 14.8. The van der Waals surface area contributed by atoms with Crippen LogP contribution in [0.25, 0.3) is 0 Å². The molecule has 0 aromatic heterocycles. The van der Waals surface area contributed by atoms with E-state index in [0.717, 1.165) is 29.8 Å². The van der Waals surface area contributed by atoms with Crippen LogP contribution < -0.4 is 10.6 Å². The van der Waals surface area contributed by atoms with Crippen LogP contribution in [-0.2, 0) is 6.42 Å². The number of benzene rings is 1. The van der Waals surface area contributed by atoms with Crippen LogP contribution >= 0.6 is 11.6 Å². The minimum absolute atomic E-state index is 0.143. The summed E-state index contributed by atoms with van der Waals surface area (Å²) >= 11 is 6.06. The van der Waals surface area contributed by atoms with Gasteiger partial charge in [-0.1, -0.05) is 41.8 Å². The minimum atomic E-state index is -0.143. The van der Waals surface area contributed by atoms with E-state index in [-0.39, 0.29) is 6.03 Å². The molecule has 2 rings (SSSR count). The molecule has 3 nitrogen and oxygen atoms in total. The van der Waals surface area contributed by atoms with E-state index in [1.165, 1.54) is 24.8 Å². The zero-order valence-electron chi connectivity index (χ0n) is 11.6. The number of allylic oxidation sites excluding steroid dienone is 1. The molecule has 0 bridgehead atoms. The molecule has 1 aliphatic rings. The van der Waals surface area contributed by atoms with Gasteiger partial charge in [-0.2, -0.15) is 0 Å². The molecular weight excluding hydrogens is 272 g/mol. The van der Waals surface area contributed by atoms with Gasteiger partial charge in [0, 0.05) is 17.8 Å². The third-order valence-electron chi connectivity index (χ3n) is 3.54. The van der Waals surface area contributed by atoms with Gasteiger partial charge in [0.15, 0.2) is 0 Å². The van der Waals surface area contributed by atoms with E-state index in [9.17, 15) is 4.79 Å². The number of hydrogen-bond acceptors (Lipinski definition) is 1. The molecule has 0 unspecified atom stereocenters. The van der Waals surface area contributed by atoms with Gasteiger partial charge in [-0.15, -0.1) is 0 Å². The number of rotatable bonds is 4. The Morgan fingerprint density at radius 1 is 1.20 bits per heavy atom. The molecule has 1 aliphatic carbocycles. The van der Waals surface area contributed by atoms with E-state index >= 15 is 0 Å². The monoisotopic (exact) mass is 292 g/mol. The van der Waals surface area contributed by atoms with Crippen LogP contribution in [-0.4, -0.2) is 12.6 Å². The molecule has 1 aromatic rings. The maximum atomic E-state index is 11.7. The van der Waals surface area contributed by atoms with E-state index in [4.69, 9.17) is 11.6 Å². The summed E-state index contributed by atoms with van der Waals surface area (Å²) in [5.74, 6) is 0. The van der Waals surface area contributed by atoms with Crippen LogP contribution in [0.5, 0.6) is 0 Å². The molecule has 108 valence electrons. The molecule has 2 N–H and O–H groups in total. The summed E-state index contributed by atoms with van der Waals surface area (Å²) in [6, 6.07) is 7.56. The van der Waals surface area contributed by atoms with Crippen molar-refractivity contribution in [3.63, 3.8) is 0 Å². The molecule has 1 saturated carbocycles. The first-order chi connectivity index (χ1) is 9.75. The predicted octanol–water partition coefficient (Wildman–Crippen LogP) is 4.03. The molecule has 4 heteroatoms. The van der Waals surface area contributed by atoms with Gasteiger partial charge < -0.3 is 10.6 Å². The molecule has 0 atom stereocenters. The topological polar surface area (TPSA) is 41.1 Å². The van der Waals surface area contributed by atoms with E-state index in [0.29, 0.717) is 6.54 Å². The second kappa shape index (κ2) is 7.95. The molecule has 1 aromatic carbocycles. The third-order valence-corrected chi connectivity index (χ3v) is 3.91. The Balaban J connectivity index is 1.69. The Morgan fingerprint density at radius 2 is 1.95 bits per heavy atom. The number of halogens is 1. The summed E-state index contributed by atoms with van der Waals surface area (Å²) in [6.45, 7) is 0.582. The quantitative estimate of drug-likeness (QED) is 0.864.